The van der Waals surface area contributed by atoms with Crippen molar-refractivity contribution in [1.82, 2.24) is 20.4 Å². The fourth-order valence-electron chi connectivity index (χ4n) is 4.33. The zero-order chi connectivity index (χ0) is 25.2. The summed E-state index contributed by atoms with van der Waals surface area (Å²) in [6.45, 7) is 6.42. The Morgan fingerprint density at radius 1 is 1.26 bits per heavy atom. The third-order valence-electron chi connectivity index (χ3n) is 6.28. The molecule has 0 saturated heterocycles. The minimum Gasteiger partial charge on any atom is -0.491 e. The number of aliphatic hydroxyl groups excluding tert-OH is 1. The van der Waals surface area contributed by atoms with Gasteiger partial charge in [-0.05, 0) is 58.9 Å². The number of rotatable bonds is 10. The van der Waals surface area contributed by atoms with Gasteiger partial charge in [0.05, 0.1) is 27.6 Å². The van der Waals surface area contributed by atoms with Crippen LogP contribution in [0.3, 0.4) is 0 Å². The van der Waals surface area contributed by atoms with Gasteiger partial charge < -0.3 is 29.7 Å². The van der Waals surface area contributed by atoms with E-state index in [0.717, 1.165) is 24.1 Å². The molecule has 1 fully saturated rings. The number of hydrogen-bond acceptors (Lipinski definition) is 9. The smallest absolute Gasteiger partial charge is 0.163 e. The molecule has 9 nitrogen and oxygen atoms in total. The minimum atomic E-state index is -0.630. The second-order valence-electron chi connectivity index (χ2n) is 9.23. The SMILES string of the molecule is CNC[C@@H](O)COc1ccc(Cl)c(-c2nc(N[C@H]3C[C@@](C)(OC)C3)cc(-c3c(C)noc3C)n2)c1. The first-order chi connectivity index (χ1) is 16.7. The summed E-state index contributed by atoms with van der Waals surface area (Å²) >= 11 is 6.57. The van der Waals surface area contributed by atoms with Crippen molar-refractivity contribution in [2.75, 3.05) is 32.6 Å². The Kier molecular flexibility index (Phi) is 7.61. The van der Waals surface area contributed by atoms with Gasteiger partial charge in [-0.15, -0.1) is 0 Å². The number of ether oxygens (including phenoxy) is 2. The van der Waals surface area contributed by atoms with E-state index in [1.807, 2.05) is 19.9 Å². The largest absolute Gasteiger partial charge is 0.491 e. The fraction of sp³-hybridized carbons (Fsp3) is 0.480. The first-order valence-corrected chi connectivity index (χ1v) is 12.0. The van der Waals surface area contributed by atoms with Gasteiger partial charge in [-0.3, -0.25) is 0 Å². The number of likely N-dealkylation sites (N-methyl/N-ethyl adjacent to an activating group) is 1. The molecule has 0 amide bonds. The summed E-state index contributed by atoms with van der Waals surface area (Å²) in [6, 6.07) is 7.43. The van der Waals surface area contributed by atoms with Crippen molar-refractivity contribution in [3.8, 4) is 28.4 Å². The molecule has 1 aromatic carbocycles. The molecule has 0 spiro atoms. The zero-order valence-electron chi connectivity index (χ0n) is 20.7. The monoisotopic (exact) mass is 501 g/mol. The average Bonchev–Trinajstić information content (AvgIpc) is 3.15. The Bertz CT molecular complexity index is 1160. The lowest BCUT2D eigenvalue weighted by atomic mass is 9.77. The average molecular weight is 502 g/mol. The number of halogens is 1. The Labute approximate surface area is 210 Å². The van der Waals surface area contributed by atoms with Gasteiger partial charge in [-0.1, -0.05) is 16.8 Å². The van der Waals surface area contributed by atoms with Gasteiger partial charge >= 0.3 is 0 Å². The molecule has 0 aliphatic heterocycles. The third kappa shape index (κ3) is 5.75. The summed E-state index contributed by atoms with van der Waals surface area (Å²) in [4.78, 5) is 9.60. The van der Waals surface area contributed by atoms with Crippen molar-refractivity contribution >= 4 is 17.4 Å². The van der Waals surface area contributed by atoms with Crippen molar-refractivity contribution < 1.29 is 19.1 Å². The van der Waals surface area contributed by atoms with Gasteiger partial charge in [0.15, 0.2) is 5.82 Å². The Balaban J connectivity index is 1.68. The highest BCUT2D eigenvalue weighted by atomic mass is 35.5. The van der Waals surface area contributed by atoms with E-state index < -0.39 is 6.10 Å². The number of benzene rings is 1. The van der Waals surface area contributed by atoms with Crippen LogP contribution in [0.2, 0.25) is 5.02 Å². The maximum atomic E-state index is 9.98. The van der Waals surface area contributed by atoms with E-state index in [0.29, 0.717) is 46.0 Å². The van der Waals surface area contributed by atoms with E-state index >= 15 is 0 Å². The summed E-state index contributed by atoms with van der Waals surface area (Å²) in [5.74, 6) is 2.37. The quantitative estimate of drug-likeness (QED) is 0.379. The van der Waals surface area contributed by atoms with E-state index in [1.165, 1.54) is 0 Å². The van der Waals surface area contributed by atoms with Crippen LogP contribution in [0.15, 0.2) is 28.8 Å². The highest BCUT2D eigenvalue weighted by molar-refractivity contribution is 6.33. The third-order valence-corrected chi connectivity index (χ3v) is 6.61. The number of anilines is 1. The van der Waals surface area contributed by atoms with Crippen LogP contribution in [0.5, 0.6) is 5.75 Å². The first kappa shape index (κ1) is 25.4. The van der Waals surface area contributed by atoms with Crippen LogP contribution in [-0.2, 0) is 4.74 Å². The van der Waals surface area contributed by atoms with E-state index in [2.05, 4.69) is 22.7 Å². The first-order valence-electron chi connectivity index (χ1n) is 11.6. The van der Waals surface area contributed by atoms with Crippen LogP contribution in [-0.4, -0.2) is 65.3 Å². The van der Waals surface area contributed by atoms with Crippen molar-refractivity contribution in [3.63, 3.8) is 0 Å². The van der Waals surface area contributed by atoms with Gasteiger partial charge in [-0.25, -0.2) is 9.97 Å². The molecular weight excluding hydrogens is 470 g/mol. The van der Waals surface area contributed by atoms with Crippen molar-refractivity contribution in [2.24, 2.45) is 0 Å². The lowest BCUT2D eigenvalue weighted by molar-refractivity contribution is -0.0625. The molecule has 35 heavy (non-hydrogen) atoms. The van der Waals surface area contributed by atoms with Gasteiger partial charge in [-0.2, -0.15) is 0 Å². The van der Waals surface area contributed by atoms with Crippen molar-refractivity contribution in [2.45, 2.75) is 51.4 Å². The number of aromatic nitrogens is 3. The number of methoxy groups -OCH3 is 1. The van der Waals surface area contributed by atoms with Gasteiger partial charge in [0.25, 0.3) is 0 Å². The Morgan fingerprint density at radius 3 is 2.69 bits per heavy atom. The number of nitrogens with one attached hydrogen (secondary N) is 2. The highest BCUT2D eigenvalue weighted by Gasteiger charge is 2.40. The molecule has 3 aromatic rings. The van der Waals surface area contributed by atoms with Crippen LogP contribution >= 0.6 is 11.6 Å². The van der Waals surface area contributed by atoms with E-state index in [4.69, 9.17) is 35.6 Å². The molecular formula is C25H32ClN5O4. The summed E-state index contributed by atoms with van der Waals surface area (Å²) in [7, 11) is 3.52. The highest BCUT2D eigenvalue weighted by Crippen LogP contribution is 2.38. The molecule has 4 rings (SSSR count). The van der Waals surface area contributed by atoms with E-state index in [1.54, 1.807) is 32.4 Å². The van der Waals surface area contributed by atoms with Crippen molar-refractivity contribution in [1.29, 1.82) is 0 Å². The molecule has 0 bridgehead atoms. The Hall–Kier alpha value is -2.72. The summed E-state index contributed by atoms with van der Waals surface area (Å²) in [5, 5.41) is 21.0. The summed E-state index contributed by atoms with van der Waals surface area (Å²) < 4.78 is 16.7. The maximum absolute atomic E-state index is 9.98. The lowest BCUT2D eigenvalue weighted by Crippen LogP contribution is -2.49. The molecule has 0 radical (unpaired) electrons. The van der Waals surface area contributed by atoms with Crippen LogP contribution < -0.4 is 15.4 Å². The van der Waals surface area contributed by atoms with Gasteiger partial charge in [0.2, 0.25) is 0 Å². The van der Waals surface area contributed by atoms with Gasteiger partial charge in [0.1, 0.15) is 30.0 Å². The van der Waals surface area contributed by atoms with E-state index in [-0.39, 0.29) is 18.2 Å². The predicted molar refractivity (Wildman–Crippen MR) is 135 cm³/mol. The predicted octanol–water partition coefficient (Wildman–Crippen LogP) is 4.01. The summed E-state index contributed by atoms with van der Waals surface area (Å²) in [6.07, 6.45) is 1.12. The molecule has 0 unspecified atom stereocenters. The van der Waals surface area contributed by atoms with Gasteiger partial charge in [0, 0.05) is 31.3 Å². The number of aryl methyl sites for hydroxylation is 2. The second kappa shape index (κ2) is 10.5. The van der Waals surface area contributed by atoms with Crippen LogP contribution in [0, 0.1) is 13.8 Å². The molecule has 1 aliphatic rings. The molecule has 2 aromatic heterocycles. The molecule has 2 heterocycles. The second-order valence-corrected chi connectivity index (χ2v) is 9.64. The molecule has 1 atom stereocenters. The lowest BCUT2D eigenvalue weighted by Gasteiger charge is -2.44. The normalized spacial score (nSPS) is 20.4. The molecule has 10 heteroatoms. The van der Waals surface area contributed by atoms with Crippen LogP contribution in [0.1, 0.15) is 31.2 Å². The molecule has 1 saturated carbocycles. The molecule has 1 aliphatic carbocycles. The Morgan fingerprint density at radius 2 is 2.03 bits per heavy atom. The topological polar surface area (TPSA) is 115 Å². The van der Waals surface area contributed by atoms with E-state index in [9.17, 15) is 5.11 Å². The minimum absolute atomic E-state index is 0.120. The summed E-state index contributed by atoms with van der Waals surface area (Å²) in [5.41, 5.74) is 2.76. The molecule has 188 valence electrons. The number of hydrogen-bond donors (Lipinski definition) is 3. The van der Waals surface area contributed by atoms with Crippen LogP contribution in [0.25, 0.3) is 22.6 Å². The zero-order valence-corrected chi connectivity index (χ0v) is 21.4. The molecule has 3 N–H and O–H groups in total. The number of nitrogens with zero attached hydrogens (tertiary/aromatic N) is 3. The maximum Gasteiger partial charge on any atom is 0.163 e. The van der Waals surface area contributed by atoms with Crippen LogP contribution in [0.4, 0.5) is 5.82 Å². The fourth-order valence-corrected chi connectivity index (χ4v) is 4.53. The number of aliphatic hydroxyl groups is 1. The van der Waals surface area contributed by atoms with Crippen molar-refractivity contribution in [3.05, 3.63) is 40.7 Å². The standard InChI is InChI=1S/C25H32ClN5O4/c1-14-23(15(2)35-31-14)21-9-22(28-16-10-25(3,11-16)33-5)30-24(29-21)19-8-18(6-7-20(19)26)34-13-17(32)12-27-4/h6-9,16-17,27,32H,10-13H2,1-5H3,(H,28,29,30)/t16-,17-,25+/m1/s1.